The zero-order chi connectivity index (χ0) is 28.7. The summed E-state index contributed by atoms with van der Waals surface area (Å²) in [5.74, 6) is 0.350. The molecule has 1 amide bonds. The number of fused-ring (bicyclic) bond motifs is 1. The molecule has 4 rings (SSSR count). The minimum Gasteiger partial charge on any atom is -0.496 e. The van der Waals surface area contributed by atoms with Crippen molar-refractivity contribution in [3.05, 3.63) is 89.6 Å². The highest BCUT2D eigenvalue weighted by molar-refractivity contribution is 6.04. The standard InChI is InChI=1S/C31H32N2O4.C2H6/c1-20-16-23(11-13-27(20)37-5)22-8-6-21(7-9-22)19-33(28(34)18-31(2,3)4)29-26-12-10-25(30(35)36)17-24(26)14-15-32-29;1-2/h6-17H,18-19H2,1-5H3,(H,35,36);1-2H3. The van der Waals surface area contributed by atoms with Gasteiger partial charge in [-0.05, 0) is 76.4 Å². The molecule has 0 fully saturated rings. The molecular weight excluding hydrogens is 488 g/mol. The van der Waals surface area contributed by atoms with Crippen LogP contribution in [0.25, 0.3) is 21.9 Å². The number of amides is 1. The first kappa shape index (κ1) is 29.4. The van der Waals surface area contributed by atoms with Crippen LogP contribution in [0.2, 0.25) is 0 Å². The first-order valence-corrected chi connectivity index (χ1v) is 13.2. The van der Waals surface area contributed by atoms with Crippen molar-refractivity contribution >= 4 is 28.5 Å². The van der Waals surface area contributed by atoms with Crippen LogP contribution in [0.4, 0.5) is 5.82 Å². The van der Waals surface area contributed by atoms with Gasteiger partial charge in [-0.1, -0.05) is 65.0 Å². The van der Waals surface area contributed by atoms with Gasteiger partial charge < -0.3 is 9.84 Å². The summed E-state index contributed by atoms with van der Waals surface area (Å²) in [5.41, 5.74) is 4.20. The molecule has 0 bridgehead atoms. The summed E-state index contributed by atoms with van der Waals surface area (Å²) >= 11 is 0. The highest BCUT2D eigenvalue weighted by Crippen LogP contribution is 2.31. The van der Waals surface area contributed by atoms with Gasteiger partial charge in [-0.15, -0.1) is 0 Å². The molecule has 0 saturated heterocycles. The van der Waals surface area contributed by atoms with Gasteiger partial charge in [0, 0.05) is 18.0 Å². The quantitative estimate of drug-likeness (QED) is 0.265. The van der Waals surface area contributed by atoms with Gasteiger partial charge in [-0.2, -0.15) is 0 Å². The van der Waals surface area contributed by atoms with Crippen molar-refractivity contribution in [2.24, 2.45) is 5.41 Å². The third kappa shape index (κ3) is 7.23. The van der Waals surface area contributed by atoms with Gasteiger partial charge in [0.05, 0.1) is 19.2 Å². The van der Waals surface area contributed by atoms with E-state index < -0.39 is 5.97 Å². The second-order valence-electron chi connectivity index (χ2n) is 10.5. The molecule has 0 unspecified atom stereocenters. The molecule has 1 N–H and O–H groups in total. The lowest BCUT2D eigenvalue weighted by atomic mass is 9.91. The Balaban J connectivity index is 0.00000205. The molecule has 6 nitrogen and oxygen atoms in total. The van der Waals surface area contributed by atoms with Crippen LogP contribution in [0.3, 0.4) is 0 Å². The molecule has 0 spiro atoms. The van der Waals surface area contributed by atoms with Gasteiger partial charge in [0.1, 0.15) is 11.6 Å². The molecule has 0 aliphatic carbocycles. The van der Waals surface area contributed by atoms with Gasteiger partial charge in [-0.3, -0.25) is 9.69 Å². The van der Waals surface area contributed by atoms with Crippen LogP contribution in [-0.2, 0) is 11.3 Å². The first-order chi connectivity index (χ1) is 18.6. The van der Waals surface area contributed by atoms with E-state index in [2.05, 4.69) is 23.2 Å². The number of aromatic nitrogens is 1. The molecule has 1 aromatic heterocycles. The van der Waals surface area contributed by atoms with E-state index in [1.807, 2.05) is 65.8 Å². The maximum absolute atomic E-state index is 13.5. The zero-order valence-corrected chi connectivity index (χ0v) is 23.9. The Hall–Kier alpha value is -4.19. The molecule has 0 radical (unpaired) electrons. The number of carbonyl (C=O) groups excluding carboxylic acids is 1. The van der Waals surface area contributed by atoms with Crippen molar-refractivity contribution in [3.63, 3.8) is 0 Å². The average molecular weight is 527 g/mol. The summed E-state index contributed by atoms with van der Waals surface area (Å²) in [6.45, 7) is 12.5. The predicted molar refractivity (Wildman–Crippen MR) is 158 cm³/mol. The van der Waals surface area contributed by atoms with Crippen molar-refractivity contribution in [2.75, 3.05) is 12.0 Å². The number of benzene rings is 3. The van der Waals surface area contributed by atoms with E-state index in [1.54, 1.807) is 42.5 Å². The van der Waals surface area contributed by atoms with Crippen molar-refractivity contribution in [2.45, 2.75) is 54.5 Å². The number of aromatic carboxylic acids is 1. The summed E-state index contributed by atoms with van der Waals surface area (Å²) in [6.07, 6.45) is 1.97. The molecule has 0 aliphatic rings. The fraction of sp³-hybridized carbons (Fsp3) is 0.303. The maximum atomic E-state index is 13.5. The minimum atomic E-state index is -0.993. The largest absolute Gasteiger partial charge is 0.496 e. The average Bonchev–Trinajstić information content (AvgIpc) is 2.91. The van der Waals surface area contributed by atoms with Crippen molar-refractivity contribution in [1.82, 2.24) is 4.98 Å². The summed E-state index contributed by atoms with van der Waals surface area (Å²) in [5, 5.41) is 10.9. The molecule has 3 aromatic carbocycles. The Morgan fingerprint density at radius 1 is 0.923 bits per heavy atom. The number of rotatable bonds is 7. The number of anilines is 1. The van der Waals surface area contributed by atoms with E-state index in [4.69, 9.17) is 4.74 Å². The van der Waals surface area contributed by atoms with Gasteiger partial charge in [0.25, 0.3) is 0 Å². The number of nitrogens with zero attached hydrogens (tertiary/aromatic N) is 2. The van der Waals surface area contributed by atoms with Gasteiger partial charge in [0.2, 0.25) is 5.91 Å². The number of aryl methyl sites for hydroxylation is 1. The third-order valence-electron chi connectivity index (χ3n) is 6.25. The lowest BCUT2D eigenvalue weighted by Gasteiger charge is -2.27. The number of carboxylic acid groups (broad SMARTS) is 1. The number of carbonyl (C=O) groups is 2. The highest BCUT2D eigenvalue weighted by atomic mass is 16.5. The van der Waals surface area contributed by atoms with E-state index in [0.29, 0.717) is 18.8 Å². The smallest absolute Gasteiger partial charge is 0.335 e. The molecule has 4 aromatic rings. The van der Waals surface area contributed by atoms with E-state index >= 15 is 0 Å². The fourth-order valence-electron chi connectivity index (χ4n) is 4.38. The van der Waals surface area contributed by atoms with Crippen LogP contribution >= 0.6 is 0 Å². The molecule has 39 heavy (non-hydrogen) atoms. The second-order valence-corrected chi connectivity index (χ2v) is 10.5. The number of pyridine rings is 1. The van der Waals surface area contributed by atoms with Crippen molar-refractivity contribution in [3.8, 4) is 16.9 Å². The monoisotopic (exact) mass is 526 g/mol. The van der Waals surface area contributed by atoms with E-state index in [1.165, 1.54) is 0 Å². The van der Waals surface area contributed by atoms with Crippen LogP contribution in [-0.4, -0.2) is 29.1 Å². The van der Waals surface area contributed by atoms with Crippen LogP contribution in [0.15, 0.2) is 72.9 Å². The molecule has 0 saturated carbocycles. The highest BCUT2D eigenvalue weighted by Gasteiger charge is 2.25. The summed E-state index contributed by atoms with van der Waals surface area (Å²) in [7, 11) is 1.67. The minimum absolute atomic E-state index is 0.0373. The molecule has 204 valence electrons. The Bertz CT molecular complexity index is 1450. The lowest BCUT2D eigenvalue weighted by Crippen LogP contribution is -2.34. The van der Waals surface area contributed by atoms with E-state index in [-0.39, 0.29) is 16.9 Å². The third-order valence-corrected chi connectivity index (χ3v) is 6.25. The van der Waals surface area contributed by atoms with Crippen molar-refractivity contribution in [1.29, 1.82) is 0 Å². The Morgan fingerprint density at radius 2 is 1.59 bits per heavy atom. The first-order valence-electron chi connectivity index (χ1n) is 13.2. The Morgan fingerprint density at radius 3 is 2.18 bits per heavy atom. The van der Waals surface area contributed by atoms with Crippen LogP contribution in [0.1, 0.15) is 62.5 Å². The number of methoxy groups -OCH3 is 1. The molecule has 1 heterocycles. The summed E-state index contributed by atoms with van der Waals surface area (Å²) in [4.78, 5) is 31.3. The maximum Gasteiger partial charge on any atom is 0.335 e. The molecule has 0 aliphatic heterocycles. The summed E-state index contributed by atoms with van der Waals surface area (Å²) < 4.78 is 5.37. The normalized spacial score (nSPS) is 10.9. The number of hydrogen-bond acceptors (Lipinski definition) is 4. The van der Waals surface area contributed by atoms with Gasteiger partial charge >= 0.3 is 5.97 Å². The SMILES string of the molecule is CC.COc1ccc(-c2ccc(CN(C(=O)CC(C)(C)C)c3nccc4cc(C(=O)O)ccc34)cc2)cc1C. The number of ether oxygens (including phenoxy) is 1. The number of hydrogen-bond donors (Lipinski definition) is 1. The number of carboxylic acids is 1. The van der Waals surface area contributed by atoms with Crippen LogP contribution in [0, 0.1) is 12.3 Å². The molecular formula is C33H38N2O4. The fourth-order valence-corrected chi connectivity index (χ4v) is 4.38. The van der Waals surface area contributed by atoms with Crippen LogP contribution < -0.4 is 9.64 Å². The van der Waals surface area contributed by atoms with Crippen molar-refractivity contribution < 1.29 is 19.4 Å². The van der Waals surface area contributed by atoms with Crippen LogP contribution in [0.5, 0.6) is 5.75 Å². The van der Waals surface area contributed by atoms with Gasteiger partial charge in [-0.25, -0.2) is 9.78 Å². The molecule has 6 heteroatoms. The summed E-state index contributed by atoms with van der Waals surface area (Å²) in [6, 6.07) is 20.9. The second kappa shape index (κ2) is 12.6. The van der Waals surface area contributed by atoms with Gasteiger partial charge in [0.15, 0.2) is 0 Å². The van der Waals surface area contributed by atoms with E-state index in [9.17, 15) is 14.7 Å². The predicted octanol–water partition coefficient (Wildman–Crippen LogP) is 7.91. The zero-order valence-electron chi connectivity index (χ0n) is 23.9. The molecule has 0 atom stereocenters. The Kier molecular flexibility index (Phi) is 9.47. The van der Waals surface area contributed by atoms with E-state index in [0.717, 1.165) is 38.8 Å². The topological polar surface area (TPSA) is 79.7 Å². The Labute approximate surface area is 231 Å². The lowest BCUT2D eigenvalue weighted by molar-refractivity contribution is -0.120.